The average molecular weight is 334 g/mol. The third-order valence-electron chi connectivity index (χ3n) is 4.36. The lowest BCUT2D eigenvalue weighted by atomic mass is 10.1. The topological polar surface area (TPSA) is 59.8 Å². The number of rotatable bonds is 3. The molecule has 0 saturated carbocycles. The van der Waals surface area contributed by atoms with E-state index in [1.807, 2.05) is 65.0 Å². The van der Waals surface area contributed by atoms with Gasteiger partial charge in [0.25, 0.3) is 5.91 Å². The van der Waals surface area contributed by atoms with Crippen molar-refractivity contribution in [2.45, 2.75) is 34.6 Å². The molecule has 3 rings (SSSR count). The van der Waals surface area contributed by atoms with E-state index in [1.165, 1.54) is 0 Å². The van der Waals surface area contributed by atoms with E-state index in [2.05, 4.69) is 15.4 Å². The van der Waals surface area contributed by atoms with Crippen LogP contribution in [0.25, 0.3) is 5.69 Å². The van der Waals surface area contributed by atoms with Gasteiger partial charge in [0, 0.05) is 5.69 Å². The van der Waals surface area contributed by atoms with Crippen LogP contribution in [-0.4, -0.2) is 20.7 Å². The van der Waals surface area contributed by atoms with Crippen molar-refractivity contribution in [3.63, 3.8) is 0 Å². The van der Waals surface area contributed by atoms with Crippen molar-refractivity contribution in [3.05, 3.63) is 70.3 Å². The Kier molecular flexibility index (Phi) is 4.40. The summed E-state index contributed by atoms with van der Waals surface area (Å²) in [6, 6.07) is 9.94. The molecule has 0 fully saturated rings. The molecule has 2 heterocycles. The first-order chi connectivity index (χ1) is 11.9. The summed E-state index contributed by atoms with van der Waals surface area (Å²) >= 11 is 0. The molecule has 5 nitrogen and oxygen atoms in total. The molecule has 1 amide bonds. The van der Waals surface area contributed by atoms with Gasteiger partial charge >= 0.3 is 0 Å². The number of hydrogen-bond donors (Lipinski definition) is 1. The maximum Gasteiger partial charge on any atom is 0.259 e. The van der Waals surface area contributed by atoms with Crippen LogP contribution in [0.3, 0.4) is 0 Å². The van der Waals surface area contributed by atoms with Crippen LogP contribution >= 0.6 is 0 Å². The number of para-hydroxylation sites is 1. The third kappa shape index (κ3) is 3.18. The van der Waals surface area contributed by atoms with Gasteiger partial charge in [0.2, 0.25) is 0 Å². The number of aryl methyl sites for hydroxylation is 4. The summed E-state index contributed by atoms with van der Waals surface area (Å²) < 4.78 is 1.80. The van der Waals surface area contributed by atoms with Crippen LogP contribution in [0, 0.1) is 34.6 Å². The predicted octanol–water partition coefficient (Wildman–Crippen LogP) is 4.06. The molecule has 0 aliphatic rings. The molecule has 0 saturated heterocycles. The summed E-state index contributed by atoms with van der Waals surface area (Å²) in [6.45, 7) is 9.75. The van der Waals surface area contributed by atoms with Crippen molar-refractivity contribution < 1.29 is 4.79 Å². The molecular weight excluding hydrogens is 312 g/mol. The van der Waals surface area contributed by atoms with Crippen molar-refractivity contribution in [1.82, 2.24) is 14.8 Å². The van der Waals surface area contributed by atoms with E-state index in [0.29, 0.717) is 5.56 Å². The minimum Gasteiger partial charge on any atom is -0.320 e. The van der Waals surface area contributed by atoms with Crippen LogP contribution in [0.4, 0.5) is 5.69 Å². The normalized spacial score (nSPS) is 10.8. The highest BCUT2D eigenvalue weighted by atomic mass is 16.1. The summed E-state index contributed by atoms with van der Waals surface area (Å²) in [7, 11) is 0. The van der Waals surface area contributed by atoms with Gasteiger partial charge in [-0.05, 0) is 57.9 Å². The molecule has 25 heavy (non-hydrogen) atoms. The van der Waals surface area contributed by atoms with Gasteiger partial charge in [-0.25, -0.2) is 4.68 Å². The largest absolute Gasteiger partial charge is 0.320 e. The smallest absolute Gasteiger partial charge is 0.259 e. The SMILES string of the molecule is Cc1cc(C)c(NC(=O)c2cnn(-c3ccccc3C)c2C)c(C)n1. The lowest BCUT2D eigenvalue weighted by Crippen LogP contribution is -2.15. The van der Waals surface area contributed by atoms with Crippen molar-refractivity contribution in [3.8, 4) is 5.69 Å². The lowest BCUT2D eigenvalue weighted by Gasteiger charge is -2.12. The number of carbonyl (C=O) groups is 1. The maximum absolute atomic E-state index is 12.8. The monoisotopic (exact) mass is 334 g/mol. The second-order valence-electron chi connectivity index (χ2n) is 6.34. The molecule has 2 aromatic heterocycles. The van der Waals surface area contributed by atoms with Gasteiger partial charge in [0.15, 0.2) is 0 Å². The van der Waals surface area contributed by atoms with Crippen LogP contribution in [0.5, 0.6) is 0 Å². The Balaban J connectivity index is 1.94. The first kappa shape index (κ1) is 16.9. The van der Waals surface area contributed by atoms with E-state index in [4.69, 9.17) is 0 Å². The molecule has 0 aliphatic carbocycles. The second-order valence-corrected chi connectivity index (χ2v) is 6.34. The maximum atomic E-state index is 12.8. The van der Waals surface area contributed by atoms with Crippen molar-refractivity contribution >= 4 is 11.6 Å². The standard InChI is InChI=1S/C20H22N4O/c1-12-8-6-7-9-18(12)24-16(5)17(11-21-24)20(25)23-19-13(2)10-14(3)22-15(19)4/h6-11H,1-5H3,(H,23,25). The zero-order valence-electron chi connectivity index (χ0n) is 15.2. The van der Waals surface area contributed by atoms with E-state index in [1.54, 1.807) is 10.9 Å². The summed E-state index contributed by atoms with van der Waals surface area (Å²) in [5, 5.41) is 7.40. The highest BCUT2D eigenvalue weighted by molar-refractivity contribution is 6.05. The molecule has 5 heteroatoms. The van der Waals surface area contributed by atoms with Gasteiger partial charge < -0.3 is 5.32 Å². The van der Waals surface area contributed by atoms with Crippen LogP contribution in [0.15, 0.2) is 36.5 Å². The van der Waals surface area contributed by atoms with Crippen LogP contribution in [0.1, 0.15) is 38.6 Å². The fourth-order valence-electron chi connectivity index (χ4n) is 3.07. The van der Waals surface area contributed by atoms with Gasteiger partial charge in [0.05, 0.1) is 34.5 Å². The molecular formula is C20H22N4O. The Hall–Kier alpha value is -2.95. The van der Waals surface area contributed by atoms with Gasteiger partial charge in [0.1, 0.15) is 0 Å². The Morgan fingerprint density at radius 3 is 2.44 bits per heavy atom. The summed E-state index contributed by atoms with van der Waals surface area (Å²) in [6.07, 6.45) is 1.61. The summed E-state index contributed by atoms with van der Waals surface area (Å²) in [5.74, 6) is -0.172. The number of nitrogens with one attached hydrogen (secondary N) is 1. The Morgan fingerprint density at radius 2 is 1.76 bits per heavy atom. The average Bonchev–Trinajstić information content (AvgIpc) is 2.93. The predicted molar refractivity (Wildman–Crippen MR) is 99.4 cm³/mol. The number of nitrogens with zero attached hydrogens (tertiary/aromatic N) is 3. The second kappa shape index (κ2) is 6.51. The molecule has 0 atom stereocenters. The molecule has 0 aliphatic heterocycles. The zero-order chi connectivity index (χ0) is 18.1. The Bertz CT molecular complexity index is 933. The van der Waals surface area contributed by atoms with Crippen molar-refractivity contribution in [2.75, 3.05) is 5.32 Å². The minimum atomic E-state index is -0.172. The zero-order valence-corrected chi connectivity index (χ0v) is 15.2. The van der Waals surface area contributed by atoms with E-state index >= 15 is 0 Å². The van der Waals surface area contributed by atoms with Crippen molar-refractivity contribution in [1.29, 1.82) is 0 Å². The fraction of sp³-hybridized carbons (Fsp3) is 0.250. The van der Waals surface area contributed by atoms with Crippen molar-refractivity contribution in [2.24, 2.45) is 0 Å². The molecule has 0 unspecified atom stereocenters. The van der Waals surface area contributed by atoms with Crippen LogP contribution < -0.4 is 5.32 Å². The third-order valence-corrected chi connectivity index (χ3v) is 4.36. The quantitative estimate of drug-likeness (QED) is 0.786. The molecule has 0 radical (unpaired) electrons. The Morgan fingerprint density at radius 1 is 1.04 bits per heavy atom. The van der Waals surface area contributed by atoms with Gasteiger partial charge in [-0.15, -0.1) is 0 Å². The van der Waals surface area contributed by atoms with E-state index in [0.717, 1.165) is 39.6 Å². The van der Waals surface area contributed by atoms with Crippen LogP contribution in [-0.2, 0) is 0 Å². The number of aromatic nitrogens is 3. The van der Waals surface area contributed by atoms with E-state index in [9.17, 15) is 4.79 Å². The molecule has 128 valence electrons. The number of anilines is 1. The van der Waals surface area contributed by atoms with E-state index in [-0.39, 0.29) is 5.91 Å². The number of pyridine rings is 1. The number of benzene rings is 1. The van der Waals surface area contributed by atoms with Gasteiger partial charge in [-0.3, -0.25) is 9.78 Å². The van der Waals surface area contributed by atoms with Gasteiger partial charge in [-0.1, -0.05) is 18.2 Å². The molecule has 1 aromatic carbocycles. The Labute approximate surface area is 147 Å². The first-order valence-electron chi connectivity index (χ1n) is 8.25. The lowest BCUT2D eigenvalue weighted by molar-refractivity contribution is 0.102. The first-order valence-corrected chi connectivity index (χ1v) is 8.25. The van der Waals surface area contributed by atoms with Gasteiger partial charge in [-0.2, -0.15) is 5.10 Å². The number of hydrogen-bond acceptors (Lipinski definition) is 3. The summed E-state index contributed by atoms with van der Waals surface area (Å²) in [4.78, 5) is 17.2. The highest BCUT2D eigenvalue weighted by Crippen LogP contribution is 2.22. The molecule has 0 spiro atoms. The molecule has 3 aromatic rings. The summed E-state index contributed by atoms with van der Waals surface area (Å²) in [5.41, 5.74) is 6.97. The minimum absolute atomic E-state index is 0.172. The number of amides is 1. The number of carbonyl (C=O) groups excluding carboxylic acids is 1. The fourth-order valence-corrected chi connectivity index (χ4v) is 3.07. The molecule has 0 bridgehead atoms. The highest BCUT2D eigenvalue weighted by Gasteiger charge is 2.18. The van der Waals surface area contributed by atoms with Crippen LogP contribution in [0.2, 0.25) is 0 Å². The molecule has 1 N–H and O–H groups in total. The van der Waals surface area contributed by atoms with E-state index < -0.39 is 0 Å².